The van der Waals surface area contributed by atoms with Gasteiger partial charge in [-0.3, -0.25) is 0 Å². The Morgan fingerprint density at radius 2 is 0.912 bits per heavy atom. The first-order chi connectivity index (χ1) is 28.3. The second kappa shape index (κ2) is 12.5. The van der Waals surface area contributed by atoms with Gasteiger partial charge in [-0.15, -0.1) is 0 Å². The third-order valence-electron chi connectivity index (χ3n) is 11.6. The number of fused-ring (bicyclic) bond motifs is 11. The molecule has 0 radical (unpaired) electrons. The van der Waals surface area contributed by atoms with E-state index in [0.29, 0.717) is 0 Å². The summed E-state index contributed by atoms with van der Waals surface area (Å²) in [4.78, 5) is 2.39. The zero-order chi connectivity index (χ0) is 37.5. The lowest BCUT2D eigenvalue weighted by atomic mass is 9.85. The number of benzene rings is 10. The summed E-state index contributed by atoms with van der Waals surface area (Å²) in [7, 11) is 0. The van der Waals surface area contributed by atoms with Gasteiger partial charge in [-0.1, -0.05) is 146 Å². The topological polar surface area (TPSA) is 29.5 Å². The molecule has 57 heavy (non-hydrogen) atoms. The van der Waals surface area contributed by atoms with Crippen LogP contribution in [0, 0.1) is 0 Å². The van der Waals surface area contributed by atoms with Gasteiger partial charge >= 0.3 is 0 Å². The molecule has 3 nitrogen and oxygen atoms in total. The average molecular weight is 728 g/mol. The van der Waals surface area contributed by atoms with E-state index >= 15 is 0 Å². The summed E-state index contributed by atoms with van der Waals surface area (Å²) in [5.41, 5.74) is 11.4. The number of rotatable bonds is 5. The Hall–Kier alpha value is -7.62. The van der Waals surface area contributed by atoms with E-state index in [1.807, 2.05) is 12.1 Å². The zero-order valence-electron chi connectivity index (χ0n) is 30.8. The molecular weight excluding hydrogens is 695 g/mol. The van der Waals surface area contributed by atoms with Crippen LogP contribution in [-0.2, 0) is 0 Å². The fourth-order valence-electron chi connectivity index (χ4n) is 9.15. The lowest BCUT2D eigenvalue weighted by Gasteiger charge is -2.27. The summed E-state index contributed by atoms with van der Waals surface area (Å²) in [6, 6.07) is 71.6. The predicted molar refractivity (Wildman–Crippen MR) is 239 cm³/mol. The normalized spacial score (nSPS) is 11.9. The summed E-state index contributed by atoms with van der Waals surface area (Å²) in [5.74, 6) is 0. The van der Waals surface area contributed by atoms with Crippen molar-refractivity contribution in [3.05, 3.63) is 200 Å². The maximum Gasteiger partial charge on any atom is 0.143 e. The van der Waals surface area contributed by atoms with Crippen molar-refractivity contribution >= 4 is 93.3 Å². The van der Waals surface area contributed by atoms with Crippen LogP contribution in [-0.4, -0.2) is 0 Å². The molecule has 0 unspecified atom stereocenters. The summed E-state index contributed by atoms with van der Waals surface area (Å²) < 4.78 is 13.1. The number of anilines is 3. The van der Waals surface area contributed by atoms with Gasteiger partial charge in [0.05, 0.1) is 11.1 Å². The van der Waals surface area contributed by atoms with Gasteiger partial charge in [-0.2, -0.15) is 0 Å². The second-order valence-corrected chi connectivity index (χ2v) is 14.8. The van der Waals surface area contributed by atoms with Crippen LogP contribution in [0.3, 0.4) is 0 Å². The molecule has 3 heteroatoms. The number of furan rings is 2. The molecule has 0 saturated carbocycles. The van der Waals surface area contributed by atoms with Gasteiger partial charge in [-0.25, -0.2) is 0 Å². The molecule has 10 aromatic carbocycles. The maximum atomic E-state index is 6.75. The van der Waals surface area contributed by atoms with E-state index in [1.54, 1.807) is 0 Å². The summed E-state index contributed by atoms with van der Waals surface area (Å²) in [5, 5.41) is 11.5. The van der Waals surface area contributed by atoms with Crippen molar-refractivity contribution in [3.63, 3.8) is 0 Å². The average Bonchev–Trinajstić information content (AvgIpc) is 3.85. The molecule has 0 N–H and O–H groups in total. The predicted octanol–water partition coefficient (Wildman–Crippen LogP) is 15.7. The lowest BCUT2D eigenvalue weighted by molar-refractivity contribution is 0.669. The monoisotopic (exact) mass is 727 g/mol. The molecule has 0 aliphatic heterocycles. The Morgan fingerprint density at radius 3 is 1.72 bits per heavy atom. The maximum absolute atomic E-state index is 6.75. The minimum Gasteiger partial charge on any atom is -0.456 e. The largest absolute Gasteiger partial charge is 0.456 e. The zero-order valence-corrected chi connectivity index (χ0v) is 30.8. The van der Waals surface area contributed by atoms with Gasteiger partial charge in [-0.05, 0) is 104 Å². The van der Waals surface area contributed by atoms with E-state index in [0.717, 1.165) is 77.3 Å². The molecule has 0 spiro atoms. The highest BCUT2D eigenvalue weighted by Gasteiger charge is 2.23. The minimum absolute atomic E-state index is 0.849. The Bertz CT molecular complexity index is 3540. The summed E-state index contributed by atoms with van der Waals surface area (Å²) in [6.07, 6.45) is 0. The molecule has 0 atom stereocenters. The molecule has 2 heterocycles. The number of hydrogen-bond acceptors (Lipinski definition) is 3. The number of nitrogens with zero attached hydrogens (tertiary/aromatic N) is 1. The molecule has 0 saturated heterocycles. The van der Waals surface area contributed by atoms with Crippen molar-refractivity contribution in [1.82, 2.24) is 0 Å². The highest BCUT2D eigenvalue weighted by atomic mass is 16.3. The fraction of sp³-hybridized carbons (Fsp3) is 0. The number of para-hydroxylation sites is 1. The molecular formula is C54H33NO2. The van der Waals surface area contributed by atoms with Gasteiger partial charge in [0.15, 0.2) is 0 Å². The Balaban J connectivity index is 1.17. The first-order valence-electron chi connectivity index (χ1n) is 19.4. The molecule has 0 fully saturated rings. The van der Waals surface area contributed by atoms with Gasteiger partial charge in [0.25, 0.3) is 0 Å². The standard InChI is InChI=1S/C54H33NO2/c1-2-15-35(16-3-1)51-43-23-8-6-20-40(43)41-21-7-9-24-44(41)52(51)36-17-12-18-37(32-36)55(38-29-31-49-46(33-38)42-22-10-11-26-48(42)56-49)47-25-13-27-50-53(47)45-30-28-34-14-4-5-19-39(34)54(45)57-50/h1-33H. The Kier molecular flexibility index (Phi) is 6.93. The third-order valence-corrected chi connectivity index (χ3v) is 11.6. The molecule has 0 bridgehead atoms. The van der Waals surface area contributed by atoms with Crippen LogP contribution in [0.5, 0.6) is 0 Å². The highest BCUT2D eigenvalue weighted by molar-refractivity contribution is 6.22. The molecule has 12 rings (SSSR count). The first-order valence-corrected chi connectivity index (χ1v) is 19.4. The smallest absolute Gasteiger partial charge is 0.143 e. The van der Waals surface area contributed by atoms with Crippen molar-refractivity contribution < 1.29 is 8.83 Å². The summed E-state index contributed by atoms with van der Waals surface area (Å²) >= 11 is 0. The van der Waals surface area contributed by atoms with Crippen molar-refractivity contribution in [2.75, 3.05) is 4.90 Å². The van der Waals surface area contributed by atoms with Crippen LogP contribution in [0.25, 0.3) is 98.4 Å². The van der Waals surface area contributed by atoms with Crippen molar-refractivity contribution in [1.29, 1.82) is 0 Å². The SMILES string of the molecule is c1ccc(-c2c(-c3cccc(N(c4ccc5oc6ccccc6c5c4)c4cccc5oc6c7ccccc7ccc6c45)c3)c3ccccc3c3ccccc23)cc1. The van der Waals surface area contributed by atoms with E-state index in [1.165, 1.54) is 38.2 Å². The van der Waals surface area contributed by atoms with Crippen molar-refractivity contribution in [2.45, 2.75) is 0 Å². The van der Waals surface area contributed by atoms with Crippen molar-refractivity contribution in [3.8, 4) is 22.3 Å². The Labute approximate surface area is 328 Å². The van der Waals surface area contributed by atoms with Crippen LogP contribution in [0.15, 0.2) is 209 Å². The van der Waals surface area contributed by atoms with E-state index < -0.39 is 0 Å². The van der Waals surface area contributed by atoms with Crippen LogP contribution in [0.2, 0.25) is 0 Å². The van der Waals surface area contributed by atoms with Crippen LogP contribution < -0.4 is 4.90 Å². The molecule has 0 aliphatic carbocycles. The molecule has 0 amide bonds. The van der Waals surface area contributed by atoms with Gasteiger partial charge in [0, 0.05) is 32.9 Å². The van der Waals surface area contributed by atoms with Gasteiger partial charge in [0.2, 0.25) is 0 Å². The van der Waals surface area contributed by atoms with Crippen LogP contribution in [0.1, 0.15) is 0 Å². The van der Waals surface area contributed by atoms with E-state index in [4.69, 9.17) is 8.83 Å². The summed E-state index contributed by atoms with van der Waals surface area (Å²) in [6.45, 7) is 0. The van der Waals surface area contributed by atoms with E-state index in [-0.39, 0.29) is 0 Å². The third kappa shape index (κ3) is 4.86. The molecule has 0 aliphatic rings. The van der Waals surface area contributed by atoms with Gasteiger partial charge < -0.3 is 13.7 Å². The van der Waals surface area contributed by atoms with Crippen LogP contribution in [0.4, 0.5) is 17.1 Å². The quantitative estimate of drug-likeness (QED) is 0.165. The number of hydrogen-bond donors (Lipinski definition) is 0. The Morgan fingerprint density at radius 1 is 0.316 bits per heavy atom. The minimum atomic E-state index is 0.849. The lowest BCUT2D eigenvalue weighted by Crippen LogP contribution is -2.10. The molecule has 2 aromatic heterocycles. The molecule has 266 valence electrons. The van der Waals surface area contributed by atoms with Gasteiger partial charge in [0.1, 0.15) is 22.3 Å². The van der Waals surface area contributed by atoms with Crippen molar-refractivity contribution in [2.24, 2.45) is 0 Å². The highest BCUT2D eigenvalue weighted by Crippen LogP contribution is 2.48. The van der Waals surface area contributed by atoms with E-state index in [9.17, 15) is 0 Å². The van der Waals surface area contributed by atoms with E-state index in [2.05, 4.69) is 193 Å². The second-order valence-electron chi connectivity index (χ2n) is 14.8. The molecule has 12 aromatic rings. The fourth-order valence-corrected chi connectivity index (χ4v) is 9.15. The first kappa shape index (κ1) is 31.7. The van der Waals surface area contributed by atoms with Crippen LogP contribution >= 0.6 is 0 Å².